The Morgan fingerprint density at radius 2 is 1.81 bits per heavy atom. The number of unbranched alkanes of at least 4 members (excludes halogenated alkanes) is 1. The molecular formula is C26H32N2O2S2. The number of nitrogens with zero attached hydrogens (tertiary/aromatic N) is 1. The van der Waals surface area contributed by atoms with E-state index in [2.05, 4.69) is 31.3 Å². The number of nitrogens with one attached hydrogen (secondary N) is 1. The first-order chi connectivity index (χ1) is 15.6. The van der Waals surface area contributed by atoms with Gasteiger partial charge in [0.15, 0.2) is 0 Å². The van der Waals surface area contributed by atoms with Crippen LogP contribution in [0.2, 0.25) is 0 Å². The molecule has 1 N–H and O–H groups in total. The summed E-state index contributed by atoms with van der Waals surface area (Å²) in [5.74, 6) is 1.98. The Morgan fingerprint density at radius 1 is 1.06 bits per heavy atom. The van der Waals surface area contributed by atoms with Gasteiger partial charge < -0.3 is 5.32 Å². The number of hydrogen-bond donors (Lipinski definition) is 1. The number of para-hydroxylation sites is 1. The zero-order chi connectivity index (χ0) is 22.8. The van der Waals surface area contributed by atoms with Crippen LogP contribution in [0.5, 0.6) is 0 Å². The molecule has 0 radical (unpaired) electrons. The second-order valence-corrected chi connectivity index (χ2v) is 10.0. The topological polar surface area (TPSA) is 49.4 Å². The van der Waals surface area contributed by atoms with E-state index in [4.69, 9.17) is 0 Å². The number of carbonyl (C=O) groups is 2. The van der Waals surface area contributed by atoms with Gasteiger partial charge >= 0.3 is 0 Å². The highest BCUT2D eigenvalue weighted by Gasteiger charge is 2.30. The van der Waals surface area contributed by atoms with Crippen molar-refractivity contribution in [2.45, 2.75) is 44.4 Å². The van der Waals surface area contributed by atoms with Gasteiger partial charge in [-0.1, -0.05) is 68.4 Å². The highest BCUT2D eigenvalue weighted by atomic mass is 32.2. The molecule has 0 saturated heterocycles. The van der Waals surface area contributed by atoms with Gasteiger partial charge in [-0.3, -0.25) is 14.5 Å². The van der Waals surface area contributed by atoms with E-state index >= 15 is 0 Å². The Bertz CT molecular complexity index is 941. The monoisotopic (exact) mass is 468 g/mol. The summed E-state index contributed by atoms with van der Waals surface area (Å²) in [5.41, 5.74) is 3.05. The van der Waals surface area contributed by atoms with Crippen molar-refractivity contribution in [2.24, 2.45) is 0 Å². The number of benzene rings is 2. The first-order valence-corrected chi connectivity index (χ1v) is 13.3. The maximum absolute atomic E-state index is 13.3. The number of fused-ring (bicyclic) bond motifs is 1. The number of thioether (sulfide) groups is 2. The minimum atomic E-state index is -0.126. The summed E-state index contributed by atoms with van der Waals surface area (Å²) in [6, 6.07) is 16.0. The maximum Gasteiger partial charge on any atom is 0.265 e. The fraction of sp³-hybridized carbons (Fsp3) is 0.385. The molecule has 0 saturated carbocycles. The van der Waals surface area contributed by atoms with Gasteiger partial charge in [-0.25, -0.2) is 0 Å². The normalized spacial score (nSPS) is 14.5. The number of amides is 2. The van der Waals surface area contributed by atoms with Gasteiger partial charge in [-0.2, -0.15) is 11.8 Å². The number of carbonyl (C=O) groups excluding carboxylic acids is 2. The largest absolute Gasteiger partial charge is 0.355 e. The van der Waals surface area contributed by atoms with Gasteiger partial charge in [-0.15, -0.1) is 0 Å². The molecule has 170 valence electrons. The van der Waals surface area contributed by atoms with Crippen LogP contribution >= 0.6 is 23.5 Å². The summed E-state index contributed by atoms with van der Waals surface area (Å²) in [6.07, 6.45) is 6.30. The quantitative estimate of drug-likeness (QED) is 0.336. The number of aryl methyl sites for hydroxylation is 1. The van der Waals surface area contributed by atoms with E-state index in [1.807, 2.05) is 54.2 Å². The predicted molar refractivity (Wildman–Crippen MR) is 138 cm³/mol. The minimum Gasteiger partial charge on any atom is -0.355 e. The third kappa shape index (κ3) is 6.91. The van der Waals surface area contributed by atoms with Crippen molar-refractivity contribution < 1.29 is 9.59 Å². The van der Waals surface area contributed by atoms with Crippen LogP contribution in [-0.2, 0) is 16.0 Å². The Hall–Kier alpha value is -2.18. The fourth-order valence-corrected chi connectivity index (χ4v) is 5.47. The van der Waals surface area contributed by atoms with E-state index in [0.717, 1.165) is 34.7 Å². The molecule has 6 heteroatoms. The third-order valence-electron chi connectivity index (χ3n) is 5.25. The lowest BCUT2D eigenvalue weighted by molar-refractivity contribution is -0.122. The van der Waals surface area contributed by atoms with Crippen molar-refractivity contribution >= 4 is 47.1 Å². The smallest absolute Gasteiger partial charge is 0.265 e. The van der Waals surface area contributed by atoms with Crippen molar-refractivity contribution in [1.82, 2.24) is 5.32 Å². The Balaban J connectivity index is 1.65. The fourth-order valence-electron chi connectivity index (χ4n) is 3.37. The van der Waals surface area contributed by atoms with Crippen molar-refractivity contribution in [3.8, 4) is 0 Å². The molecule has 0 aromatic heterocycles. The molecule has 2 amide bonds. The maximum atomic E-state index is 13.3. The average Bonchev–Trinajstić information content (AvgIpc) is 2.81. The van der Waals surface area contributed by atoms with Crippen LogP contribution in [0.3, 0.4) is 0 Å². The van der Waals surface area contributed by atoms with E-state index in [1.165, 1.54) is 35.9 Å². The molecule has 0 fully saturated rings. The summed E-state index contributed by atoms with van der Waals surface area (Å²) >= 11 is 3.40. The second kappa shape index (κ2) is 12.8. The van der Waals surface area contributed by atoms with Gasteiger partial charge in [0.1, 0.15) is 6.54 Å². The molecule has 0 atom stereocenters. The number of rotatable bonds is 11. The number of anilines is 1. The molecule has 1 aliphatic rings. The first kappa shape index (κ1) is 24.5. The zero-order valence-electron chi connectivity index (χ0n) is 18.9. The molecule has 4 nitrogen and oxygen atoms in total. The predicted octanol–water partition coefficient (Wildman–Crippen LogP) is 5.77. The van der Waals surface area contributed by atoms with Crippen molar-refractivity contribution in [3.63, 3.8) is 0 Å². The lowest BCUT2D eigenvalue weighted by Crippen LogP contribution is -2.43. The highest BCUT2D eigenvalue weighted by Crippen LogP contribution is 2.41. The van der Waals surface area contributed by atoms with Crippen LogP contribution in [0.1, 0.15) is 44.2 Å². The molecule has 1 aliphatic heterocycles. The van der Waals surface area contributed by atoms with Crippen LogP contribution in [0.4, 0.5) is 5.69 Å². The van der Waals surface area contributed by atoms with E-state index in [-0.39, 0.29) is 18.4 Å². The van der Waals surface area contributed by atoms with Gasteiger partial charge in [0, 0.05) is 11.4 Å². The molecular weight excluding hydrogens is 436 g/mol. The lowest BCUT2D eigenvalue weighted by atomic mass is 10.1. The average molecular weight is 469 g/mol. The van der Waals surface area contributed by atoms with Crippen LogP contribution in [-0.4, -0.2) is 36.4 Å². The first-order valence-electron chi connectivity index (χ1n) is 11.4. The van der Waals surface area contributed by atoms with E-state index in [9.17, 15) is 9.59 Å². The molecule has 2 aromatic rings. The molecule has 2 aromatic carbocycles. The van der Waals surface area contributed by atoms with Crippen LogP contribution < -0.4 is 10.2 Å². The number of hydrogen-bond acceptors (Lipinski definition) is 4. The van der Waals surface area contributed by atoms with Crippen LogP contribution in [0.25, 0.3) is 6.08 Å². The van der Waals surface area contributed by atoms with E-state index in [0.29, 0.717) is 11.4 Å². The SMILES string of the molecule is CCCCSCCCNC(=O)CN1C(=O)/C(=C/c2ccc(CC)cc2)Sc2ccccc21. The lowest BCUT2D eigenvalue weighted by Gasteiger charge is -2.29. The Labute approximate surface area is 200 Å². The van der Waals surface area contributed by atoms with Gasteiger partial charge in [-0.05, 0) is 60.1 Å². The summed E-state index contributed by atoms with van der Waals surface area (Å²) in [5, 5.41) is 2.98. The van der Waals surface area contributed by atoms with Crippen molar-refractivity contribution in [2.75, 3.05) is 29.5 Å². The summed E-state index contributed by atoms with van der Waals surface area (Å²) in [4.78, 5) is 29.1. The molecule has 0 unspecified atom stereocenters. The molecule has 0 spiro atoms. The van der Waals surface area contributed by atoms with Crippen molar-refractivity contribution in [3.05, 3.63) is 64.6 Å². The van der Waals surface area contributed by atoms with Crippen molar-refractivity contribution in [1.29, 1.82) is 0 Å². The van der Waals surface area contributed by atoms with Crippen LogP contribution in [0.15, 0.2) is 58.3 Å². The summed E-state index contributed by atoms with van der Waals surface area (Å²) < 4.78 is 0. The van der Waals surface area contributed by atoms with Gasteiger partial charge in [0.25, 0.3) is 5.91 Å². The molecule has 0 bridgehead atoms. The standard InChI is InChI=1S/C26H32N2O2S2/c1-3-5-16-31-17-8-15-27-25(29)19-28-22-9-6-7-10-23(22)32-24(26(28)30)18-21-13-11-20(4-2)12-14-21/h6-7,9-14,18H,3-5,8,15-17,19H2,1-2H3,(H,27,29)/b24-18-. The Kier molecular flexibility index (Phi) is 9.75. The summed E-state index contributed by atoms with van der Waals surface area (Å²) in [6.45, 7) is 5.00. The molecule has 3 rings (SSSR count). The van der Waals surface area contributed by atoms with Gasteiger partial charge in [0.05, 0.1) is 10.6 Å². The second-order valence-electron chi connectivity index (χ2n) is 7.73. The minimum absolute atomic E-state index is 0.0332. The third-order valence-corrected chi connectivity index (χ3v) is 7.48. The Morgan fingerprint density at radius 3 is 2.56 bits per heavy atom. The highest BCUT2D eigenvalue weighted by molar-refractivity contribution is 8.04. The molecule has 32 heavy (non-hydrogen) atoms. The van der Waals surface area contributed by atoms with E-state index in [1.54, 1.807) is 4.90 Å². The zero-order valence-corrected chi connectivity index (χ0v) is 20.6. The molecule has 1 heterocycles. The van der Waals surface area contributed by atoms with Gasteiger partial charge in [0.2, 0.25) is 5.91 Å². The summed E-state index contributed by atoms with van der Waals surface area (Å²) in [7, 11) is 0. The van der Waals surface area contributed by atoms with E-state index < -0.39 is 0 Å². The molecule has 0 aliphatic carbocycles. The van der Waals surface area contributed by atoms with Crippen LogP contribution in [0, 0.1) is 0 Å².